The number of ether oxygens (including phenoxy) is 1. The van der Waals surface area contributed by atoms with E-state index in [2.05, 4.69) is 33.5 Å². The van der Waals surface area contributed by atoms with Gasteiger partial charge in [-0.2, -0.15) is 0 Å². The standard InChI is InChI=1S/C51H69N7O17/c1-5-6-7-8-17-75-33-16-13-28-18-30(10-9-29(28)19-33)44(67)52-34-21-36(63)47(70)56-49(72)40-41(64)24(2)22-58(40)51(74)38(26(4)60)54-48(71)39(43(66)42(65)27-11-14-31(61)15-12-27)55-46(69)35-20-32(62)23-57(35)50(73)37(25(3)59)53-45(34)68/h9-16,18-19,24-26,32,34-43,47,59-66,70H,5-8,17,20-23H2,1-4H3,(H,52,67)(H,53,68)(H,54,71)(H,55,69)(H,56,72)/t24-,25+,26+,32+,34-,35-,36+,37-,38-,39-,40-,41-,42-,43-,47+/m0/s1. The highest BCUT2D eigenvalue weighted by Gasteiger charge is 2.50. The van der Waals surface area contributed by atoms with Gasteiger partial charge in [0.2, 0.25) is 35.4 Å². The van der Waals surface area contributed by atoms with Gasteiger partial charge >= 0.3 is 0 Å². The average molecular weight is 1050 g/mol. The number of hydrogen-bond acceptors (Lipinski definition) is 17. The number of rotatable bonds is 13. The predicted octanol–water partition coefficient (Wildman–Crippen LogP) is -2.72. The minimum Gasteiger partial charge on any atom is -0.508 e. The second-order valence-corrected chi connectivity index (χ2v) is 19.7. The monoisotopic (exact) mass is 1050 g/mol. The second-order valence-electron chi connectivity index (χ2n) is 19.7. The van der Waals surface area contributed by atoms with E-state index < -0.39 is 152 Å². The van der Waals surface area contributed by atoms with Crippen molar-refractivity contribution in [3.63, 3.8) is 0 Å². The summed E-state index contributed by atoms with van der Waals surface area (Å²) in [6.07, 6.45) is -12.6. The smallest absolute Gasteiger partial charge is 0.251 e. The highest BCUT2D eigenvalue weighted by molar-refractivity contribution is 6.02. The van der Waals surface area contributed by atoms with Crippen molar-refractivity contribution in [3.05, 3.63) is 71.8 Å². The van der Waals surface area contributed by atoms with Gasteiger partial charge in [-0.1, -0.05) is 57.4 Å². The molecule has 3 saturated heterocycles. The van der Waals surface area contributed by atoms with Crippen molar-refractivity contribution in [2.24, 2.45) is 5.92 Å². The van der Waals surface area contributed by atoms with Gasteiger partial charge in [0, 0.05) is 37.4 Å². The van der Waals surface area contributed by atoms with Crippen LogP contribution in [-0.2, 0) is 28.8 Å². The van der Waals surface area contributed by atoms with E-state index in [0.717, 1.165) is 61.5 Å². The fraction of sp³-hybridized carbons (Fsp3) is 0.549. The minimum atomic E-state index is -2.29. The number of fused-ring (bicyclic) bond motifs is 3. The lowest BCUT2D eigenvalue weighted by Crippen LogP contribution is -2.64. The van der Waals surface area contributed by atoms with Gasteiger partial charge in [0.15, 0.2) is 6.23 Å². The number of hydrogen-bond donors (Lipinski definition) is 14. The number of phenols is 1. The molecule has 15 atom stereocenters. The van der Waals surface area contributed by atoms with Crippen molar-refractivity contribution in [2.45, 2.75) is 151 Å². The lowest BCUT2D eigenvalue weighted by atomic mass is 9.96. The predicted molar refractivity (Wildman–Crippen MR) is 265 cm³/mol. The molecule has 6 rings (SSSR count). The molecule has 24 heteroatoms. The molecule has 3 aliphatic heterocycles. The second kappa shape index (κ2) is 25.3. The molecule has 75 heavy (non-hydrogen) atoms. The number of phenolic OH excluding ortho intramolecular Hbond substituents is 1. The first kappa shape index (κ1) is 57.8. The Morgan fingerprint density at radius 3 is 1.97 bits per heavy atom. The molecule has 3 heterocycles. The van der Waals surface area contributed by atoms with Gasteiger partial charge < -0.3 is 87.1 Å². The molecule has 3 aromatic rings. The van der Waals surface area contributed by atoms with Gasteiger partial charge in [0.05, 0.1) is 31.0 Å². The Kier molecular flexibility index (Phi) is 19.5. The van der Waals surface area contributed by atoms with E-state index in [0.29, 0.717) is 23.1 Å². The Labute approximate surface area is 432 Å². The zero-order valence-electron chi connectivity index (χ0n) is 42.0. The molecular formula is C51H69N7O17. The van der Waals surface area contributed by atoms with Crippen molar-refractivity contribution in [1.82, 2.24) is 36.4 Å². The van der Waals surface area contributed by atoms with Crippen molar-refractivity contribution < 1.29 is 84.3 Å². The van der Waals surface area contributed by atoms with Gasteiger partial charge in [-0.05, 0) is 73.0 Å². The molecule has 3 fully saturated rings. The van der Waals surface area contributed by atoms with E-state index in [4.69, 9.17) is 4.74 Å². The van der Waals surface area contributed by atoms with Crippen molar-refractivity contribution in [3.8, 4) is 11.5 Å². The van der Waals surface area contributed by atoms with Crippen LogP contribution in [0.4, 0.5) is 0 Å². The average Bonchev–Trinajstić information content (AvgIpc) is 3.92. The molecule has 7 amide bonds. The summed E-state index contributed by atoms with van der Waals surface area (Å²) in [5.41, 5.74) is -0.0500. The molecule has 14 N–H and O–H groups in total. The van der Waals surface area contributed by atoms with E-state index in [-0.39, 0.29) is 23.4 Å². The molecule has 3 aliphatic rings. The maximum Gasteiger partial charge on any atom is 0.251 e. The number of carbonyl (C=O) groups excluding carboxylic acids is 7. The first-order chi connectivity index (χ1) is 35.5. The van der Waals surface area contributed by atoms with Crippen LogP contribution in [0.2, 0.25) is 0 Å². The van der Waals surface area contributed by atoms with Crippen LogP contribution in [0.15, 0.2) is 60.7 Å². The maximum atomic E-state index is 14.4. The van der Waals surface area contributed by atoms with Crippen LogP contribution in [0.5, 0.6) is 11.5 Å². The third-order valence-electron chi connectivity index (χ3n) is 13.8. The van der Waals surface area contributed by atoms with Gasteiger partial charge in [0.25, 0.3) is 5.91 Å². The molecule has 0 saturated carbocycles. The molecule has 3 aromatic carbocycles. The fourth-order valence-electron chi connectivity index (χ4n) is 9.44. The van der Waals surface area contributed by atoms with Crippen molar-refractivity contribution >= 4 is 52.1 Å². The zero-order valence-corrected chi connectivity index (χ0v) is 42.0. The number of amides is 7. The molecule has 410 valence electrons. The van der Waals surface area contributed by atoms with Gasteiger partial charge in [-0.3, -0.25) is 33.6 Å². The Hall–Kier alpha value is -6.51. The number of unbranched alkanes of at least 4 members (excludes halogenated alkanes) is 3. The molecule has 0 spiro atoms. The Balaban J connectivity index is 1.36. The number of nitrogens with zero attached hydrogens (tertiary/aromatic N) is 2. The Bertz CT molecular complexity index is 2530. The summed E-state index contributed by atoms with van der Waals surface area (Å²) in [7, 11) is 0. The van der Waals surface area contributed by atoms with Crippen LogP contribution in [0.1, 0.15) is 88.2 Å². The first-order valence-corrected chi connectivity index (χ1v) is 25.0. The number of benzene rings is 3. The van der Waals surface area contributed by atoms with Crippen LogP contribution >= 0.6 is 0 Å². The normalized spacial score (nSPS) is 29.1. The SMILES string of the molecule is CCCCCCOc1ccc2cc(C(=O)N[C@H]3C[C@@H](O)[C@@H](O)NC(=O)[C@@H]4[C@@H](O)[C@@H](C)CN4C(=O)[C@H]([C@@H](C)O)NC(=O)[C@H]([C@H](O)[C@@H](O)c4ccc(O)cc4)NC(=O)[C@@H]4C[C@@H](O)CN4C(=O)[C@H]([C@@H](C)O)NC3=O)ccc2c1. The molecular weight excluding hydrogens is 983 g/mol. The first-order valence-electron chi connectivity index (χ1n) is 25.0. The number of aromatic hydroxyl groups is 1. The quantitative estimate of drug-likeness (QED) is 0.0774. The summed E-state index contributed by atoms with van der Waals surface area (Å²) in [5, 5.41) is 112. The molecule has 0 aliphatic carbocycles. The van der Waals surface area contributed by atoms with Crippen LogP contribution in [-0.4, -0.2) is 196 Å². The number of aliphatic hydroxyl groups is 8. The largest absolute Gasteiger partial charge is 0.508 e. The van der Waals surface area contributed by atoms with E-state index >= 15 is 0 Å². The highest BCUT2D eigenvalue weighted by Crippen LogP contribution is 2.28. The van der Waals surface area contributed by atoms with Crippen molar-refractivity contribution in [2.75, 3.05) is 19.7 Å². The lowest BCUT2D eigenvalue weighted by molar-refractivity contribution is -0.148. The molecule has 0 bridgehead atoms. The molecule has 24 nitrogen and oxygen atoms in total. The van der Waals surface area contributed by atoms with E-state index in [1.165, 1.54) is 31.2 Å². The number of carbonyl (C=O) groups is 7. The minimum absolute atomic E-state index is 0.0221. The molecule has 0 aromatic heterocycles. The Morgan fingerprint density at radius 2 is 1.32 bits per heavy atom. The van der Waals surface area contributed by atoms with Crippen LogP contribution in [0, 0.1) is 5.92 Å². The summed E-state index contributed by atoms with van der Waals surface area (Å²) in [6, 6.07) is 2.95. The summed E-state index contributed by atoms with van der Waals surface area (Å²) >= 11 is 0. The highest BCUT2D eigenvalue weighted by atomic mass is 16.5. The molecule has 0 unspecified atom stereocenters. The van der Waals surface area contributed by atoms with Crippen molar-refractivity contribution in [1.29, 1.82) is 0 Å². The van der Waals surface area contributed by atoms with Gasteiger partial charge in [-0.25, -0.2) is 0 Å². The van der Waals surface area contributed by atoms with Gasteiger partial charge in [0.1, 0.15) is 66.1 Å². The Morgan fingerprint density at radius 1 is 0.707 bits per heavy atom. The third-order valence-corrected chi connectivity index (χ3v) is 13.8. The number of aliphatic hydroxyl groups excluding tert-OH is 8. The van der Waals surface area contributed by atoms with Gasteiger partial charge in [-0.15, -0.1) is 0 Å². The fourth-order valence-corrected chi connectivity index (χ4v) is 9.44. The zero-order chi connectivity index (χ0) is 55.0. The molecule has 0 radical (unpaired) electrons. The maximum absolute atomic E-state index is 14.4. The lowest BCUT2D eigenvalue weighted by Gasteiger charge is -2.34. The van der Waals surface area contributed by atoms with Crippen LogP contribution < -0.4 is 31.3 Å². The summed E-state index contributed by atoms with van der Waals surface area (Å²) < 4.78 is 5.90. The summed E-state index contributed by atoms with van der Waals surface area (Å²) in [4.78, 5) is 101. The van der Waals surface area contributed by atoms with E-state index in [9.17, 15) is 79.5 Å². The van der Waals surface area contributed by atoms with E-state index in [1.807, 2.05) is 0 Å². The summed E-state index contributed by atoms with van der Waals surface area (Å²) in [5.74, 6) is -8.80. The number of nitrogens with one attached hydrogen (secondary N) is 5. The summed E-state index contributed by atoms with van der Waals surface area (Å²) in [6.45, 7) is 5.33. The third kappa shape index (κ3) is 13.9. The van der Waals surface area contributed by atoms with Crippen LogP contribution in [0.25, 0.3) is 10.8 Å². The van der Waals surface area contributed by atoms with Crippen LogP contribution in [0.3, 0.4) is 0 Å². The topological polar surface area (TPSA) is 377 Å². The van der Waals surface area contributed by atoms with E-state index in [1.54, 1.807) is 24.3 Å².